The van der Waals surface area contributed by atoms with Crippen molar-refractivity contribution in [2.45, 2.75) is 31.8 Å². The van der Waals surface area contributed by atoms with Crippen LogP contribution in [-0.2, 0) is 14.3 Å². The molecule has 21 heavy (non-hydrogen) atoms. The summed E-state index contributed by atoms with van der Waals surface area (Å²) in [5.41, 5.74) is 0.716. The highest BCUT2D eigenvalue weighted by Gasteiger charge is 2.22. The van der Waals surface area contributed by atoms with Crippen LogP contribution in [0, 0.1) is 0 Å². The molecule has 1 aromatic rings. The van der Waals surface area contributed by atoms with Crippen molar-refractivity contribution in [3.8, 4) is 0 Å². The standard InChI is InChI=1S/C15H19ClN2O3/c16-11-5-7-12(8-6-11)18-14(19)4-1-9-17-15(20)13-3-2-10-21-13/h5-8,13H,1-4,9-10H2,(H,17,20)(H,18,19)/t13-/m0/s1. The molecule has 0 radical (unpaired) electrons. The molecule has 0 unspecified atom stereocenters. The van der Waals surface area contributed by atoms with E-state index in [-0.39, 0.29) is 17.9 Å². The second-order valence-corrected chi connectivity index (χ2v) is 5.39. The zero-order valence-electron chi connectivity index (χ0n) is 11.7. The Morgan fingerprint density at radius 3 is 2.71 bits per heavy atom. The maximum absolute atomic E-state index is 11.7. The predicted octanol–water partition coefficient (Wildman–Crippen LogP) is 2.35. The van der Waals surface area contributed by atoms with Gasteiger partial charge in [-0.25, -0.2) is 0 Å². The molecule has 1 fully saturated rings. The summed E-state index contributed by atoms with van der Waals surface area (Å²) < 4.78 is 5.28. The Balaban J connectivity index is 1.60. The summed E-state index contributed by atoms with van der Waals surface area (Å²) in [7, 11) is 0. The van der Waals surface area contributed by atoms with Crippen LogP contribution in [-0.4, -0.2) is 31.1 Å². The van der Waals surface area contributed by atoms with E-state index in [9.17, 15) is 9.59 Å². The Bertz CT molecular complexity index is 484. The minimum Gasteiger partial charge on any atom is -0.368 e. The van der Waals surface area contributed by atoms with Gasteiger partial charge in [0.15, 0.2) is 0 Å². The van der Waals surface area contributed by atoms with Gasteiger partial charge in [0.05, 0.1) is 0 Å². The van der Waals surface area contributed by atoms with Crippen LogP contribution in [0.25, 0.3) is 0 Å². The third-order valence-corrected chi connectivity index (χ3v) is 3.48. The molecule has 6 heteroatoms. The smallest absolute Gasteiger partial charge is 0.249 e. The Morgan fingerprint density at radius 1 is 1.29 bits per heavy atom. The second-order valence-electron chi connectivity index (χ2n) is 4.95. The van der Waals surface area contributed by atoms with Crippen molar-refractivity contribution in [3.05, 3.63) is 29.3 Å². The summed E-state index contributed by atoms with van der Waals surface area (Å²) >= 11 is 5.77. The van der Waals surface area contributed by atoms with E-state index in [1.165, 1.54) is 0 Å². The molecule has 1 saturated heterocycles. The van der Waals surface area contributed by atoms with Gasteiger partial charge in [0.1, 0.15) is 6.10 Å². The van der Waals surface area contributed by atoms with Crippen LogP contribution in [0.4, 0.5) is 5.69 Å². The van der Waals surface area contributed by atoms with Gasteiger partial charge in [0.2, 0.25) is 11.8 Å². The van der Waals surface area contributed by atoms with Crippen molar-refractivity contribution in [2.24, 2.45) is 0 Å². The first-order chi connectivity index (χ1) is 10.1. The summed E-state index contributed by atoms with van der Waals surface area (Å²) in [6.07, 6.45) is 2.35. The molecule has 2 N–H and O–H groups in total. The first kappa shape index (κ1) is 15.8. The summed E-state index contributed by atoms with van der Waals surface area (Å²) in [4.78, 5) is 23.4. The van der Waals surface area contributed by atoms with Gasteiger partial charge in [-0.1, -0.05) is 11.6 Å². The normalized spacial score (nSPS) is 17.5. The van der Waals surface area contributed by atoms with Crippen LogP contribution < -0.4 is 10.6 Å². The maximum atomic E-state index is 11.7. The van der Waals surface area contributed by atoms with E-state index in [1.54, 1.807) is 24.3 Å². The molecule has 114 valence electrons. The lowest BCUT2D eigenvalue weighted by Gasteiger charge is -2.10. The lowest BCUT2D eigenvalue weighted by molar-refractivity contribution is -0.130. The van der Waals surface area contributed by atoms with E-state index in [0.29, 0.717) is 36.7 Å². The van der Waals surface area contributed by atoms with Gasteiger partial charge in [-0.2, -0.15) is 0 Å². The number of benzene rings is 1. The lowest BCUT2D eigenvalue weighted by atomic mass is 10.2. The molecular weight excluding hydrogens is 292 g/mol. The molecule has 1 aromatic carbocycles. The zero-order valence-corrected chi connectivity index (χ0v) is 12.5. The molecule has 0 saturated carbocycles. The number of nitrogens with one attached hydrogen (secondary N) is 2. The van der Waals surface area contributed by atoms with Crippen LogP contribution in [0.2, 0.25) is 5.02 Å². The van der Waals surface area contributed by atoms with Gasteiger partial charge in [-0.3, -0.25) is 9.59 Å². The molecule has 5 nitrogen and oxygen atoms in total. The van der Waals surface area contributed by atoms with Crippen LogP contribution >= 0.6 is 11.6 Å². The quantitative estimate of drug-likeness (QED) is 0.793. The van der Waals surface area contributed by atoms with Crippen LogP contribution in [0.3, 0.4) is 0 Å². The highest BCUT2D eigenvalue weighted by molar-refractivity contribution is 6.30. The molecule has 0 aliphatic carbocycles. The number of hydrogen-bond acceptors (Lipinski definition) is 3. The molecule has 1 atom stereocenters. The Kier molecular flexibility index (Phi) is 6.02. The number of anilines is 1. The predicted molar refractivity (Wildman–Crippen MR) is 81.3 cm³/mol. The van der Waals surface area contributed by atoms with Crippen LogP contribution in [0.15, 0.2) is 24.3 Å². The molecule has 1 aliphatic rings. The molecule has 1 heterocycles. The van der Waals surface area contributed by atoms with Crippen molar-refractivity contribution >= 4 is 29.1 Å². The Hall–Kier alpha value is -1.59. The van der Waals surface area contributed by atoms with Gasteiger partial charge in [-0.15, -0.1) is 0 Å². The summed E-state index contributed by atoms with van der Waals surface area (Å²) in [5, 5.41) is 6.20. The zero-order chi connectivity index (χ0) is 15.1. The number of hydrogen-bond donors (Lipinski definition) is 2. The van der Waals surface area contributed by atoms with Gasteiger partial charge in [0.25, 0.3) is 0 Å². The molecule has 1 aliphatic heterocycles. The average molecular weight is 311 g/mol. The molecule has 2 amide bonds. The van der Waals surface area contributed by atoms with Crippen molar-refractivity contribution < 1.29 is 14.3 Å². The van der Waals surface area contributed by atoms with Crippen molar-refractivity contribution in [1.29, 1.82) is 0 Å². The Morgan fingerprint density at radius 2 is 2.05 bits per heavy atom. The monoisotopic (exact) mass is 310 g/mol. The van der Waals surface area contributed by atoms with Crippen LogP contribution in [0.1, 0.15) is 25.7 Å². The van der Waals surface area contributed by atoms with E-state index in [4.69, 9.17) is 16.3 Å². The maximum Gasteiger partial charge on any atom is 0.249 e. The molecule has 0 spiro atoms. The number of rotatable bonds is 6. The number of ether oxygens (including phenoxy) is 1. The van der Waals surface area contributed by atoms with E-state index in [1.807, 2.05) is 0 Å². The first-order valence-corrected chi connectivity index (χ1v) is 7.47. The Labute approximate surface area is 129 Å². The highest BCUT2D eigenvalue weighted by atomic mass is 35.5. The van der Waals surface area contributed by atoms with E-state index >= 15 is 0 Å². The number of carbonyl (C=O) groups is 2. The minimum atomic E-state index is -0.312. The summed E-state index contributed by atoms with van der Waals surface area (Å²) in [6, 6.07) is 6.94. The van der Waals surface area contributed by atoms with Gasteiger partial charge in [-0.05, 0) is 43.5 Å². The van der Waals surface area contributed by atoms with Crippen molar-refractivity contribution in [2.75, 3.05) is 18.5 Å². The minimum absolute atomic E-state index is 0.0781. The van der Waals surface area contributed by atoms with Crippen molar-refractivity contribution in [3.63, 3.8) is 0 Å². The van der Waals surface area contributed by atoms with Gasteiger partial charge < -0.3 is 15.4 Å². The summed E-state index contributed by atoms with van der Waals surface area (Å²) in [6.45, 7) is 1.13. The molecule has 0 bridgehead atoms. The largest absolute Gasteiger partial charge is 0.368 e. The first-order valence-electron chi connectivity index (χ1n) is 7.10. The van der Waals surface area contributed by atoms with Gasteiger partial charge >= 0.3 is 0 Å². The average Bonchev–Trinajstić information content (AvgIpc) is 3.00. The fraction of sp³-hybridized carbons (Fsp3) is 0.467. The third kappa shape index (κ3) is 5.36. The van der Waals surface area contributed by atoms with E-state index < -0.39 is 0 Å². The van der Waals surface area contributed by atoms with E-state index in [2.05, 4.69) is 10.6 Å². The SMILES string of the molecule is O=C(CCCNC(=O)[C@@H]1CCCO1)Nc1ccc(Cl)cc1. The van der Waals surface area contributed by atoms with Crippen LogP contribution in [0.5, 0.6) is 0 Å². The summed E-state index contributed by atoms with van der Waals surface area (Å²) in [5.74, 6) is -0.158. The van der Waals surface area contributed by atoms with E-state index in [0.717, 1.165) is 12.8 Å². The molecule has 2 rings (SSSR count). The van der Waals surface area contributed by atoms with Crippen molar-refractivity contribution in [1.82, 2.24) is 5.32 Å². The topological polar surface area (TPSA) is 67.4 Å². The fourth-order valence-electron chi connectivity index (χ4n) is 2.12. The molecule has 0 aromatic heterocycles. The number of carbonyl (C=O) groups excluding carboxylic acids is 2. The molecular formula is C15H19ClN2O3. The highest BCUT2D eigenvalue weighted by Crippen LogP contribution is 2.14. The fourth-order valence-corrected chi connectivity index (χ4v) is 2.24. The third-order valence-electron chi connectivity index (χ3n) is 3.23. The number of amides is 2. The second kappa shape index (κ2) is 8.00. The van der Waals surface area contributed by atoms with Gasteiger partial charge in [0, 0.05) is 30.3 Å². The number of halogens is 1. The lowest BCUT2D eigenvalue weighted by Crippen LogP contribution is -2.34.